The molecule has 1 unspecified atom stereocenters. The number of hydrogen-bond donors (Lipinski definition) is 1. The van der Waals surface area contributed by atoms with Crippen molar-refractivity contribution in [2.24, 2.45) is 12.8 Å². The predicted molar refractivity (Wildman–Crippen MR) is 95.5 cm³/mol. The van der Waals surface area contributed by atoms with Gasteiger partial charge >= 0.3 is 0 Å². The molecule has 1 aromatic heterocycles. The Hall–Kier alpha value is -2.39. The highest BCUT2D eigenvalue weighted by atomic mass is 15.3. The monoisotopic (exact) mass is 305 g/mol. The average Bonchev–Trinajstić information content (AvgIpc) is 2.93. The van der Waals surface area contributed by atoms with Gasteiger partial charge in [-0.2, -0.15) is 5.10 Å². The Balaban J connectivity index is 2.04. The molecule has 0 amide bonds. The van der Waals surface area contributed by atoms with E-state index >= 15 is 0 Å². The van der Waals surface area contributed by atoms with E-state index in [0.717, 1.165) is 17.0 Å². The van der Waals surface area contributed by atoms with Gasteiger partial charge < -0.3 is 5.73 Å². The topological polar surface area (TPSA) is 43.8 Å². The average molecular weight is 305 g/mol. The summed E-state index contributed by atoms with van der Waals surface area (Å²) in [5.41, 5.74) is 13.2. The zero-order valence-corrected chi connectivity index (χ0v) is 14.0. The zero-order valence-electron chi connectivity index (χ0n) is 14.0. The van der Waals surface area contributed by atoms with Gasteiger partial charge in [0.2, 0.25) is 0 Å². The van der Waals surface area contributed by atoms with Gasteiger partial charge in [-0.05, 0) is 31.0 Å². The summed E-state index contributed by atoms with van der Waals surface area (Å²) in [5, 5.41) is 4.68. The first kappa shape index (κ1) is 15.5. The van der Waals surface area contributed by atoms with Gasteiger partial charge in [-0.15, -0.1) is 0 Å². The molecule has 3 aromatic rings. The van der Waals surface area contributed by atoms with Gasteiger partial charge in [-0.25, -0.2) is 0 Å². The highest BCUT2D eigenvalue weighted by Gasteiger charge is 2.19. The van der Waals surface area contributed by atoms with E-state index in [4.69, 9.17) is 5.73 Å². The molecule has 0 fully saturated rings. The van der Waals surface area contributed by atoms with Crippen LogP contribution < -0.4 is 5.73 Å². The van der Waals surface area contributed by atoms with E-state index in [1.54, 1.807) is 0 Å². The Morgan fingerprint density at radius 1 is 1.04 bits per heavy atom. The van der Waals surface area contributed by atoms with Crippen LogP contribution in [0.15, 0.2) is 54.6 Å². The van der Waals surface area contributed by atoms with Crippen LogP contribution in [0, 0.1) is 13.8 Å². The molecule has 23 heavy (non-hydrogen) atoms. The number of aryl methyl sites for hydroxylation is 3. The van der Waals surface area contributed by atoms with Crippen LogP contribution in [-0.2, 0) is 7.05 Å². The van der Waals surface area contributed by atoms with Crippen molar-refractivity contribution >= 4 is 0 Å². The van der Waals surface area contributed by atoms with E-state index in [1.165, 1.54) is 16.7 Å². The molecule has 0 aliphatic carbocycles. The molecule has 118 valence electrons. The number of benzene rings is 2. The van der Waals surface area contributed by atoms with Crippen molar-refractivity contribution < 1.29 is 0 Å². The minimum atomic E-state index is 0.158. The lowest BCUT2D eigenvalue weighted by Crippen LogP contribution is -2.18. The lowest BCUT2D eigenvalue weighted by atomic mass is 9.90. The Morgan fingerprint density at radius 2 is 1.78 bits per heavy atom. The molecular formula is C20H23N3. The third kappa shape index (κ3) is 3.06. The maximum Gasteiger partial charge on any atom is 0.0926 e. The summed E-state index contributed by atoms with van der Waals surface area (Å²) in [4.78, 5) is 0. The first-order valence-electron chi connectivity index (χ1n) is 7.96. The molecular weight excluding hydrogens is 282 g/mol. The van der Waals surface area contributed by atoms with Gasteiger partial charge in [0, 0.05) is 30.8 Å². The van der Waals surface area contributed by atoms with Crippen LogP contribution in [0.5, 0.6) is 0 Å². The normalized spacial score (nSPS) is 12.3. The second kappa shape index (κ2) is 6.39. The highest BCUT2D eigenvalue weighted by Crippen LogP contribution is 2.29. The van der Waals surface area contributed by atoms with Crippen LogP contribution in [0.4, 0.5) is 0 Å². The maximum atomic E-state index is 6.12. The number of nitrogens with zero attached hydrogens (tertiary/aromatic N) is 2. The van der Waals surface area contributed by atoms with Gasteiger partial charge in [-0.1, -0.05) is 54.1 Å². The molecule has 0 saturated heterocycles. The Bertz CT molecular complexity index is 803. The van der Waals surface area contributed by atoms with Crippen LogP contribution in [0.1, 0.15) is 28.3 Å². The van der Waals surface area contributed by atoms with E-state index in [2.05, 4.69) is 55.3 Å². The molecule has 0 aliphatic rings. The van der Waals surface area contributed by atoms with Crippen molar-refractivity contribution in [3.8, 4) is 11.3 Å². The van der Waals surface area contributed by atoms with Gasteiger partial charge in [0.1, 0.15) is 0 Å². The van der Waals surface area contributed by atoms with Crippen molar-refractivity contribution in [3.63, 3.8) is 0 Å². The molecule has 3 heteroatoms. The third-order valence-electron chi connectivity index (χ3n) is 4.38. The summed E-state index contributed by atoms with van der Waals surface area (Å²) in [5.74, 6) is 0.158. The number of nitrogens with two attached hydrogens (primary N) is 1. The fourth-order valence-electron chi connectivity index (χ4n) is 3.18. The van der Waals surface area contributed by atoms with Crippen LogP contribution in [0.2, 0.25) is 0 Å². The number of hydrogen-bond acceptors (Lipinski definition) is 2. The molecule has 0 saturated carbocycles. The summed E-state index contributed by atoms with van der Waals surface area (Å²) < 4.78 is 1.96. The number of rotatable bonds is 4. The van der Waals surface area contributed by atoms with Gasteiger partial charge in [0.05, 0.1) is 5.69 Å². The molecule has 3 nitrogen and oxygen atoms in total. The molecule has 1 heterocycles. The predicted octanol–water partition coefficient (Wildman–Crippen LogP) is 3.79. The lowest BCUT2D eigenvalue weighted by Gasteiger charge is -2.18. The van der Waals surface area contributed by atoms with Gasteiger partial charge in [0.25, 0.3) is 0 Å². The van der Waals surface area contributed by atoms with E-state index in [1.807, 2.05) is 29.9 Å². The minimum absolute atomic E-state index is 0.158. The quantitative estimate of drug-likeness (QED) is 0.797. The molecule has 0 aliphatic heterocycles. The summed E-state index contributed by atoms with van der Waals surface area (Å²) in [6.45, 7) is 4.84. The summed E-state index contributed by atoms with van der Waals surface area (Å²) in [6.07, 6.45) is 0. The second-order valence-corrected chi connectivity index (χ2v) is 6.09. The Labute approximate surface area is 137 Å². The van der Waals surface area contributed by atoms with Gasteiger partial charge in [-0.3, -0.25) is 4.68 Å². The van der Waals surface area contributed by atoms with E-state index < -0.39 is 0 Å². The number of aromatic nitrogens is 2. The second-order valence-electron chi connectivity index (χ2n) is 6.09. The Kier molecular flexibility index (Phi) is 4.30. The fourth-order valence-corrected chi connectivity index (χ4v) is 3.18. The molecule has 2 N–H and O–H groups in total. The largest absolute Gasteiger partial charge is 0.329 e. The highest BCUT2D eigenvalue weighted by molar-refractivity contribution is 5.59. The van der Waals surface area contributed by atoms with Crippen molar-refractivity contribution in [2.45, 2.75) is 19.8 Å². The molecule has 2 aromatic carbocycles. The van der Waals surface area contributed by atoms with E-state index in [0.29, 0.717) is 6.54 Å². The lowest BCUT2D eigenvalue weighted by molar-refractivity contribution is 0.663. The maximum absolute atomic E-state index is 6.12. The Morgan fingerprint density at radius 3 is 2.43 bits per heavy atom. The molecule has 0 spiro atoms. The first-order chi connectivity index (χ1) is 11.1. The smallest absolute Gasteiger partial charge is 0.0926 e. The molecule has 0 radical (unpaired) electrons. The van der Waals surface area contributed by atoms with E-state index in [-0.39, 0.29) is 5.92 Å². The molecule has 0 bridgehead atoms. The van der Waals surface area contributed by atoms with Crippen molar-refractivity contribution in [1.29, 1.82) is 0 Å². The van der Waals surface area contributed by atoms with Gasteiger partial charge in [0.15, 0.2) is 0 Å². The first-order valence-corrected chi connectivity index (χ1v) is 7.96. The van der Waals surface area contributed by atoms with Crippen LogP contribution in [0.25, 0.3) is 11.3 Å². The zero-order chi connectivity index (χ0) is 16.4. The SMILES string of the molecule is Cc1ccc(C(CN)c2cc(-c3ccccc3)nn2C)c(C)c1. The standard InChI is InChI=1S/C20H23N3/c1-14-9-10-17(15(2)11-14)18(13-21)20-12-19(22-23(20)3)16-7-5-4-6-8-16/h4-12,18H,13,21H2,1-3H3. The van der Waals surface area contributed by atoms with Crippen molar-refractivity contribution in [1.82, 2.24) is 9.78 Å². The third-order valence-corrected chi connectivity index (χ3v) is 4.38. The summed E-state index contributed by atoms with van der Waals surface area (Å²) in [6, 6.07) is 19.0. The van der Waals surface area contributed by atoms with Crippen molar-refractivity contribution in [2.75, 3.05) is 6.54 Å². The van der Waals surface area contributed by atoms with Crippen molar-refractivity contribution in [3.05, 3.63) is 77.0 Å². The van der Waals surface area contributed by atoms with Crippen LogP contribution >= 0.6 is 0 Å². The van der Waals surface area contributed by atoms with E-state index in [9.17, 15) is 0 Å². The summed E-state index contributed by atoms with van der Waals surface area (Å²) >= 11 is 0. The van der Waals surface area contributed by atoms with Crippen LogP contribution in [0.3, 0.4) is 0 Å². The molecule has 3 rings (SSSR count). The summed E-state index contributed by atoms with van der Waals surface area (Å²) in [7, 11) is 1.99. The van der Waals surface area contributed by atoms with Crippen LogP contribution in [-0.4, -0.2) is 16.3 Å². The fraction of sp³-hybridized carbons (Fsp3) is 0.250. The minimum Gasteiger partial charge on any atom is -0.329 e. The molecule has 1 atom stereocenters.